The highest BCUT2D eigenvalue weighted by Gasteiger charge is 2.21. The molecule has 0 aliphatic carbocycles. The Bertz CT molecular complexity index is 128. The van der Waals surface area contributed by atoms with Crippen molar-refractivity contribution in [1.29, 1.82) is 0 Å². The quantitative estimate of drug-likeness (QED) is 0.559. The van der Waals surface area contributed by atoms with E-state index in [2.05, 4.69) is 24.5 Å². The second-order valence-electron chi connectivity index (χ2n) is 3.97. The number of hydrogen-bond donors (Lipinski definition) is 3. The van der Waals surface area contributed by atoms with E-state index in [1.54, 1.807) is 0 Å². The van der Waals surface area contributed by atoms with Crippen molar-refractivity contribution in [2.75, 3.05) is 19.6 Å². The van der Waals surface area contributed by atoms with E-state index in [1.807, 2.05) is 0 Å². The fourth-order valence-electron chi connectivity index (χ4n) is 1.44. The maximum absolute atomic E-state index is 9.58. The van der Waals surface area contributed by atoms with E-state index in [0.29, 0.717) is 5.92 Å². The zero-order valence-electron chi connectivity index (χ0n) is 8.01. The highest BCUT2D eigenvalue weighted by Crippen LogP contribution is 2.03. The van der Waals surface area contributed by atoms with Gasteiger partial charge in [-0.05, 0) is 25.4 Å². The van der Waals surface area contributed by atoms with Gasteiger partial charge >= 0.3 is 0 Å². The minimum Gasteiger partial charge on any atom is -0.391 e. The minimum absolute atomic E-state index is 0.162. The van der Waals surface area contributed by atoms with Gasteiger partial charge in [-0.2, -0.15) is 0 Å². The predicted molar refractivity (Wildman–Crippen MR) is 50.1 cm³/mol. The Morgan fingerprint density at radius 1 is 1.58 bits per heavy atom. The van der Waals surface area contributed by atoms with E-state index in [0.717, 1.165) is 26.1 Å². The molecular weight excluding hydrogens is 152 g/mol. The van der Waals surface area contributed by atoms with Crippen LogP contribution in [0.25, 0.3) is 0 Å². The summed E-state index contributed by atoms with van der Waals surface area (Å²) in [5.74, 6) is 0.652. The lowest BCUT2D eigenvalue weighted by molar-refractivity contribution is 0.0978. The summed E-state index contributed by atoms with van der Waals surface area (Å²) in [6.45, 7) is 7.18. The molecule has 2 unspecified atom stereocenters. The summed E-state index contributed by atoms with van der Waals surface area (Å²) in [6.07, 6.45) is 0.709. The molecule has 0 amide bonds. The zero-order chi connectivity index (χ0) is 8.97. The maximum Gasteiger partial charge on any atom is 0.0717 e. The molecule has 0 saturated carbocycles. The van der Waals surface area contributed by atoms with Gasteiger partial charge in [0.05, 0.1) is 6.10 Å². The second-order valence-corrected chi connectivity index (χ2v) is 3.97. The predicted octanol–water partition coefficient (Wildman–Crippen LogP) is -0.0452. The molecule has 1 rings (SSSR count). The van der Waals surface area contributed by atoms with Gasteiger partial charge in [-0.25, -0.2) is 0 Å². The largest absolute Gasteiger partial charge is 0.391 e. The summed E-state index contributed by atoms with van der Waals surface area (Å²) in [5.41, 5.74) is 0. The van der Waals surface area contributed by atoms with Gasteiger partial charge in [0.25, 0.3) is 0 Å². The molecule has 3 nitrogen and oxygen atoms in total. The molecule has 0 aromatic rings. The molecule has 1 heterocycles. The number of aliphatic hydroxyl groups excluding tert-OH is 1. The summed E-state index contributed by atoms with van der Waals surface area (Å²) in [7, 11) is 0. The lowest BCUT2D eigenvalue weighted by atomic mass is 10.0. The molecule has 1 fully saturated rings. The van der Waals surface area contributed by atoms with E-state index in [4.69, 9.17) is 0 Å². The minimum atomic E-state index is -0.162. The van der Waals surface area contributed by atoms with Crippen LogP contribution in [0.5, 0.6) is 0 Å². The maximum atomic E-state index is 9.58. The number of hydrogen-bond acceptors (Lipinski definition) is 3. The lowest BCUT2D eigenvalue weighted by Crippen LogP contribution is -2.52. The molecular formula is C9H20N2O. The number of piperidine rings is 1. The van der Waals surface area contributed by atoms with Gasteiger partial charge in [-0.3, -0.25) is 0 Å². The average Bonchev–Trinajstić information content (AvgIpc) is 2.03. The van der Waals surface area contributed by atoms with Crippen LogP contribution in [-0.2, 0) is 0 Å². The third-order valence-electron chi connectivity index (χ3n) is 2.23. The van der Waals surface area contributed by atoms with Crippen molar-refractivity contribution in [3.8, 4) is 0 Å². The molecule has 1 saturated heterocycles. The van der Waals surface area contributed by atoms with Crippen LogP contribution >= 0.6 is 0 Å². The van der Waals surface area contributed by atoms with Crippen LogP contribution in [0, 0.1) is 5.92 Å². The van der Waals surface area contributed by atoms with Gasteiger partial charge in [0.1, 0.15) is 0 Å². The zero-order valence-corrected chi connectivity index (χ0v) is 8.01. The van der Waals surface area contributed by atoms with Gasteiger partial charge in [0.15, 0.2) is 0 Å². The Hall–Kier alpha value is -0.120. The molecule has 0 aromatic carbocycles. The van der Waals surface area contributed by atoms with Gasteiger partial charge < -0.3 is 15.7 Å². The molecule has 0 spiro atoms. The smallest absolute Gasteiger partial charge is 0.0717 e. The molecule has 3 N–H and O–H groups in total. The summed E-state index contributed by atoms with van der Waals surface area (Å²) in [5, 5.41) is 16.2. The van der Waals surface area contributed by atoms with Crippen molar-refractivity contribution >= 4 is 0 Å². The molecule has 2 atom stereocenters. The highest BCUT2D eigenvalue weighted by atomic mass is 16.3. The van der Waals surface area contributed by atoms with Gasteiger partial charge in [0, 0.05) is 12.6 Å². The molecule has 0 aromatic heterocycles. The van der Waals surface area contributed by atoms with Crippen LogP contribution in [0.15, 0.2) is 0 Å². The molecule has 0 radical (unpaired) electrons. The summed E-state index contributed by atoms with van der Waals surface area (Å²) in [6, 6.07) is 0.251. The Morgan fingerprint density at radius 3 is 2.92 bits per heavy atom. The van der Waals surface area contributed by atoms with Crippen LogP contribution in [0.2, 0.25) is 0 Å². The Morgan fingerprint density at radius 2 is 2.33 bits per heavy atom. The van der Waals surface area contributed by atoms with Crippen molar-refractivity contribution in [2.45, 2.75) is 32.4 Å². The van der Waals surface area contributed by atoms with Crippen molar-refractivity contribution in [2.24, 2.45) is 5.92 Å². The molecule has 1 aliphatic heterocycles. The Balaban J connectivity index is 2.20. The van der Waals surface area contributed by atoms with E-state index >= 15 is 0 Å². The van der Waals surface area contributed by atoms with Gasteiger partial charge in [-0.1, -0.05) is 13.8 Å². The second kappa shape index (κ2) is 4.80. The SMILES string of the molecule is CC(C)CNC1CNCCC1O. The Kier molecular flexibility index (Phi) is 3.98. The van der Waals surface area contributed by atoms with Gasteiger partial charge in [-0.15, -0.1) is 0 Å². The average molecular weight is 172 g/mol. The topological polar surface area (TPSA) is 44.3 Å². The molecule has 72 valence electrons. The molecule has 12 heavy (non-hydrogen) atoms. The van der Waals surface area contributed by atoms with Crippen molar-refractivity contribution < 1.29 is 5.11 Å². The lowest BCUT2D eigenvalue weighted by Gasteiger charge is -2.29. The molecule has 0 bridgehead atoms. The molecule has 1 aliphatic rings. The van der Waals surface area contributed by atoms with Crippen LogP contribution in [0.3, 0.4) is 0 Å². The molecule has 3 heteroatoms. The third-order valence-corrected chi connectivity index (χ3v) is 2.23. The van der Waals surface area contributed by atoms with E-state index in [-0.39, 0.29) is 12.1 Å². The first-order valence-electron chi connectivity index (χ1n) is 4.82. The standard InChI is InChI=1S/C9H20N2O/c1-7(2)5-11-8-6-10-4-3-9(8)12/h7-12H,3-6H2,1-2H3. The number of nitrogens with one attached hydrogen (secondary N) is 2. The van der Waals surface area contributed by atoms with Crippen molar-refractivity contribution in [3.63, 3.8) is 0 Å². The van der Waals surface area contributed by atoms with Crippen molar-refractivity contribution in [1.82, 2.24) is 10.6 Å². The normalized spacial score (nSPS) is 31.0. The van der Waals surface area contributed by atoms with E-state index < -0.39 is 0 Å². The highest BCUT2D eigenvalue weighted by molar-refractivity contribution is 4.83. The summed E-state index contributed by atoms with van der Waals surface area (Å²) in [4.78, 5) is 0. The Labute approximate surface area is 74.5 Å². The summed E-state index contributed by atoms with van der Waals surface area (Å²) < 4.78 is 0. The van der Waals surface area contributed by atoms with E-state index in [1.165, 1.54) is 0 Å². The van der Waals surface area contributed by atoms with Gasteiger partial charge in [0.2, 0.25) is 0 Å². The first-order valence-corrected chi connectivity index (χ1v) is 4.82. The van der Waals surface area contributed by atoms with Crippen LogP contribution in [0.4, 0.5) is 0 Å². The first-order chi connectivity index (χ1) is 5.70. The number of aliphatic hydroxyl groups is 1. The van der Waals surface area contributed by atoms with Crippen molar-refractivity contribution in [3.05, 3.63) is 0 Å². The number of rotatable bonds is 3. The van der Waals surface area contributed by atoms with Crippen LogP contribution in [0.1, 0.15) is 20.3 Å². The third kappa shape index (κ3) is 3.09. The van der Waals surface area contributed by atoms with Crippen LogP contribution < -0.4 is 10.6 Å². The monoisotopic (exact) mass is 172 g/mol. The fourth-order valence-corrected chi connectivity index (χ4v) is 1.44. The van der Waals surface area contributed by atoms with Crippen LogP contribution in [-0.4, -0.2) is 36.9 Å². The first kappa shape index (κ1) is 9.96. The summed E-state index contributed by atoms with van der Waals surface area (Å²) >= 11 is 0. The fraction of sp³-hybridized carbons (Fsp3) is 1.00. The van der Waals surface area contributed by atoms with E-state index in [9.17, 15) is 5.11 Å².